The lowest BCUT2D eigenvalue weighted by molar-refractivity contribution is -0.0328. The van der Waals surface area contributed by atoms with E-state index in [1.165, 1.54) is 18.6 Å². The van der Waals surface area contributed by atoms with Gasteiger partial charge in [-0.25, -0.2) is 0 Å². The summed E-state index contributed by atoms with van der Waals surface area (Å²) in [7, 11) is 0. The minimum absolute atomic E-state index is 0.0716. The van der Waals surface area contributed by atoms with Gasteiger partial charge in [0.25, 0.3) is 0 Å². The Kier molecular flexibility index (Phi) is 4.89. The first-order valence-electron chi connectivity index (χ1n) is 6.96. The zero-order chi connectivity index (χ0) is 14.8. The van der Waals surface area contributed by atoms with Gasteiger partial charge in [-0.05, 0) is 67.1 Å². The molecule has 0 aliphatic heterocycles. The molecule has 1 aromatic rings. The van der Waals surface area contributed by atoms with Crippen LogP contribution in [0.5, 0.6) is 0 Å². The van der Waals surface area contributed by atoms with Crippen LogP contribution < -0.4 is 5.32 Å². The summed E-state index contributed by atoms with van der Waals surface area (Å²) in [4.78, 5) is 0.230. The third kappa shape index (κ3) is 4.62. The summed E-state index contributed by atoms with van der Waals surface area (Å²) in [5, 5.41) is 3.43. The highest BCUT2D eigenvalue weighted by atomic mass is 32.2. The smallest absolute Gasteiger partial charge is 0.382 e. The lowest BCUT2D eigenvalue weighted by atomic mass is 9.79. The highest BCUT2D eigenvalue weighted by molar-refractivity contribution is 8.00. The molecule has 1 N–H and O–H groups in total. The summed E-state index contributed by atoms with van der Waals surface area (Å²) in [6.07, 6.45) is 3.46. The Balaban J connectivity index is 1.91. The molecule has 1 aliphatic rings. The van der Waals surface area contributed by atoms with Gasteiger partial charge in [-0.15, -0.1) is 0 Å². The number of anilines is 1. The summed E-state index contributed by atoms with van der Waals surface area (Å²) < 4.78 is 36.7. The average Bonchev–Trinajstić information content (AvgIpc) is 2.35. The van der Waals surface area contributed by atoms with Gasteiger partial charge in [0.15, 0.2) is 0 Å². The van der Waals surface area contributed by atoms with Gasteiger partial charge in [0.2, 0.25) is 0 Å². The summed E-state index contributed by atoms with van der Waals surface area (Å²) in [6.45, 7) is 4.55. The number of rotatable bonds is 3. The summed E-state index contributed by atoms with van der Waals surface area (Å²) in [5.74, 6) is 1.46. The Labute approximate surface area is 122 Å². The van der Waals surface area contributed by atoms with Crippen molar-refractivity contribution in [2.24, 2.45) is 11.8 Å². The van der Waals surface area contributed by atoms with Gasteiger partial charge in [0.1, 0.15) is 0 Å². The third-order valence-electron chi connectivity index (χ3n) is 4.06. The van der Waals surface area contributed by atoms with Gasteiger partial charge >= 0.3 is 5.51 Å². The van der Waals surface area contributed by atoms with E-state index in [2.05, 4.69) is 19.2 Å². The zero-order valence-electron chi connectivity index (χ0n) is 11.7. The summed E-state index contributed by atoms with van der Waals surface area (Å²) in [6, 6.07) is 6.94. The standard InChI is InChI=1S/C15H20F3NS/c1-10-3-4-13(9-11(10)2)19-12-5-7-14(8-6-12)20-15(16,17)18/h5-8,10-11,13,19H,3-4,9H2,1-2H3. The topological polar surface area (TPSA) is 12.0 Å². The largest absolute Gasteiger partial charge is 0.446 e. The number of halogens is 3. The van der Waals surface area contributed by atoms with Crippen LogP contribution in [-0.2, 0) is 0 Å². The maximum absolute atomic E-state index is 12.2. The molecule has 0 amide bonds. The Bertz CT molecular complexity index is 430. The summed E-state index contributed by atoms with van der Waals surface area (Å²) >= 11 is -0.0716. The van der Waals surface area contributed by atoms with Crippen molar-refractivity contribution in [1.82, 2.24) is 0 Å². The van der Waals surface area contributed by atoms with Crippen LogP contribution in [0.3, 0.4) is 0 Å². The molecule has 0 aromatic heterocycles. The number of thioether (sulfide) groups is 1. The molecule has 1 nitrogen and oxygen atoms in total. The number of hydrogen-bond acceptors (Lipinski definition) is 2. The first-order valence-corrected chi connectivity index (χ1v) is 7.77. The normalized spacial score (nSPS) is 27.4. The molecular weight excluding hydrogens is 283 g/mol. The van der Waals surface area contributed by atoms with Gasteiger partial charge in [0.05, 0.1) is 0 Å². The predicted molar refractivity (Wildman–Crippen MR) is 77.9 cm³/mol. The van der Waals surface area contributed by atoms with Crippen LogP contribution in [-0.4, -0.2) is 11.6 Å². The fourth-order valence-electron chi connectivity index (χ4n) is 2.67. The number of benzene rings is 1. The van der Waals surface area contributed by atoms with E-state index in [-0.39, 0.29) is 16.7 Å². The van der Waals surface area contributed by atoms with Crippen molar-refractivity contribution in [3.63, 3.8) is 0 Å². The highest BCUT2D eigenvalue weighted by Gasteiger charge is 2.29. The molecule has 1 fully saturated rings. The van der Waals surface area contributed by atoms with Crippen LogP contribution in [0.4, 0.5) is 18.9 Å². The average molecular weight is 303 g/mol. The molecular formula is C15H20F3NS. The lowest BCUT2D eigenvalue weighted by Crippen LogP contribution is -2.30. The highest BCUT2D eigenvalue weighted by Crippen LogP contribution is 2.37. The fourth-order valence-corrected chi connectivity index (χ4v) is 3.21. The monoisotopic (exact) mass is 303 g/mol. The van der Waals surface area contributed by atoms with Crippen LogP contribution >= 0.6 is 11.8 Å². The van der Waals surface area contributed by atoms with Crippen molar-refractivity contribution in [3.05, 3.63) is 24.3 Å². The second kappa shape index (κ2) is 6.29. The number of alkyl halides is 3. The van der Waals surface area contributed by atoms with E-state index in [1.54, 1.807) is 12.1 Å². The Morgan fingerprint density at radius 3 is 2.25 bits per heavy atom. The molecule has 0 bridgehead atoms. The second-order valence-electron chi connectivity index (χ2n) is 5.68. The molecule has 1 aromatic carbocycles. The Morgan fingerprint density at radius 1 is 1.05 bits per heavy atom. The molecule has 3 atom stereocenters. The fraction of sp³-hybridized carbons (Fsp3) is 0.600. The van der Waals surface area contributed by atoms with Gasteiger partial charge in [0, 0.05) is 16.6 Å². The molecule has 1 saturated carbocycles. The molecule has 2 rings (SSSR count). The zero-order valence-corrected chi connectivity index (χ0v) is 12.5. The maximum atomic E-state index is 12.2. The molecule has 112 valence electrons. The lowest BCUT2D eigenvalue weighted by Gasteiger charge is -2.33. The predicted octanol–water partition coefficient (Wildman–Crippen LogP) is 5.54. The van der Waals surface area contributed by atoms with Crippen molar-refractivity contribution in [1.29, 1.82) is 0 Å². The molecule has 5 heteroatoms. The van der Waals surface area contributed by atoms with E-state index in [9.17, 15) is 13.2 Å². The van der Waals surface area contributed by atoms with Crippen molar-refractivity contribution in [2.45, 2.75) is 49.6 Å². The Hall–Kier alpha value is -0.840. The van der Waals surface area contributed by atoms with Gasteiger partial charge in [-0.2, -0.15) is 13.2 Å². The van der Waals surface area contributed by atoms with Crippen molar-refractivity contribution < 1.29 is 13.2 Å². The first-order chi connectivity index (χ1) is 9.33. The van der Waals surface area contributed by atoms with Crippen molar-refractivity contribution in [3.8, 4) is 0 Å². The SMILES string of the molecule is CC1CCC(Nc2ccc(SC(F)(F)F)cc2)CC1C. The van der Waals surface area contributed by atoms with Crippen LogP contribution in [0.2, 0.25) is 0 Å². The van der Waals surface area contributed by atoms with Gasteiger partial charge in [-0.1, -0.05) is 13.8 Å². The van der Waals surface area contributed by atoms with Crippen molar-refractivity contribution >= 4 is 17.4 Å². The summed E-state index contributed by atoms with van der Waals surface area (Å²) in [5.41, 5.74) is -3.31. The van der Waals surface area contributed by atoms with E-state index < -0.39 is 5.51 Å². The molecule has 0 radical (unpaired) electrons. The number of hydrogen-bond donors (Lipinski definition) is 1. The molecule has 0 heterocycles. The van der Waals surface area contributed by atoms with Crippen LogP contribution in [0.15, 0.2) is 29.2 Å². The van der Waals surface area contributed by atoms with Crippen LogP contribution in [0, 0.1) is 11.8 Å². The van der Waals surface area contributed by atoms with E-state index in [1.807, 2.05) is 0 Å². The molecule has 0 spiro atoms. The quantitative estimate of drug-likeness (QED) is 0.736. The van der Waals surface area contributed by atoms with Gasteiger partial charge in [-0.3, -0.25) is 0 Å². The Morgan fingerprint density at radius 2 is 1.70 bits per heavy atom. The van der Waals surface area contributed by atoms with E-state index in [0.29, 0.717) is 12.0 Å². The van der Waals surface area contributed by atoms with E-state index >= 15 is 0 Å². The minimum atomic E-state index is -4.22. The maximum Gasteiger partial charge on any atom is 0.446 e. The second-order valence-corrected chi connectivity index (χ2v) is 6.82. The van der Waals surface area contributed by atoms with Crippen molar-refractivity contribution in [2.75, 3.05) is 5.32 Å². The van der Waals surface area contributed by atoms with Crippen LogP contribution in [0.25, 0.3) is 0 Å². The van der Waals surface area contributed by atoms with E-state index in [4.69, 9.17) is 0 Å². The van der Waals surface area contributed by atoms with E-state index in [0.717, 1.165) is 24.4 Å². The first kappa shape index (κ1) is 15.5. The molecule has 1 aliphatic carbocycles. The molecule has 20 heavy (non-hydrogen) atoms. The third-order valence-corrected chi connectivity index (χ3v) is 4.80. The van der Waals surface area contributed by atoms with Crippen LogP contribution in [0.1, 0.15) is 33.1 Å². The molecule has 3 unspecified atom stereocenters. The number of nitrogens with one attached hydrogen (secondary N) is 1. The molecule has 0 saturated heterocycles. The minimum Gasteiger partial charge on any atom is -0.382 e. The van der Waals surface area contributed by atoms with Gasteiger partial charge < -0.3 is 5.32 Å².